The van der Waals surface area contributed by atoms with Gasteiger partial charge in [-0.1, -0.05) is 81.2 Å². The van der Waals surface area contributed by atoms with Crippen LogP contribution in [-0.4, -0.2) is 44.8 Å². The maximum atomic E-state index is 13.5. The molecule has 47 heavy (non-hydrogen) atoms. The largest absolute Gasteiger partial charge is 0.493 e. The van der Waals surface area contributed by atoms with Gasteiger partial charge in [-0.05, 0) is 36.4 Å². The van der Waals surface area contributed by atoms with Crippen LogP contribution in [0.1, 0.15) is 31.1 Å². The second-order valence-electron chi connectivity index (χ2n) is 8.55. The maximum absolute atomic E-state index is 13.5. The molecule has 7 nitrogen and oxygen atoms in total. The number of ether oxygens (including phenoxy) is 2. The number of carbonyl (C=O) groups excluding carboxylic acids is 3. The van der Waals surface area contributed by atoms with E-state index in [1.807, 2.05) is 0 Å². The number of amides is 1. The van der Waals surface area contributed by atoms with Crippen LogP contribution in [0, 0.1) is 17.5 Å². The van der Waals surface area contributed by atoms with Gasteiger partial charge in [-0.25, -0.2) is 18.2 Å². The fraction of sp³-hybridized carbons (Fsp3) is 0.100. The fourth-order valence-electron chi connectivity index (χ4n) is 3.20. The number of rotatable bonds is 7. The third-order valence-electron chi connectivity index (χ3n) is 5.58. The van der Waals surface area contributed by atoms with E-state index in [2.05, 4.69) is 4.84 Å². The van der Waals surface area contributed by atoms with E-state index in [4.69, 9.17) is 90.7 Å². The summed E-state index contributed by atoms with van der Waals surface area (Å²) < 4.78 is 49.8. The first kappa shape index (κ1) is 40.2. The normalized spacial score (nSPS) is 10.1. The smallest absolute Gasteiger partial charge is 0.281 e. The number of carbonyl (C=O) groups is 3. The molecule has 0 heterocycles. The molecule has 0 unspecified atom stereocenters. The van der Waals surface area contributed by atoms with Gasteiger partial charge in [0.2, 0.25) is 0 Å². The Hall–Kier alpha value is -2.93. The molecule has 0 aliphatic carbocycles. The van der Waals surface area contributed by atoms with Crippen molar-refractivity contribution in [2.75, 3.05) is 21.3 Å². The summed E-state index contributed by atoms with van der Waals surface area (Å²) in [5.41, 5.74) is -0.231. The zero-order valence-electron chi connectivity index (χ0n) is 23.9. The quantitative estimate of drug-likeness (QED) is 0.0802. The number of methoxy groups -OCH3 is 1. The summed E-state index contributed by atoms with van der Waals surface area (Å²) in [5.74, 6) is -2.05. The number of hydrogen-bond donors (Lipinski definition) is 0. The number of benzene rings is 4. The minimum Gasteiger partial charge on any atom is -0.493 e. The van der Waals surface area contributed by atoms with Gasteiger partial charge < -0.3 is 9.47 Å². The Labute approximate surface area is 301 Å². The SMILES string of the molecule is CON(C)C(=O)c1c(F)cc(Cl)c(Cl)c1Cl.COc1cc(F)ccc1Oc1cc(Cl)c(Cl)cc1C=O.O=Cc1cc(Cl)c(Cl)cc1F. The fourth-order valence-corrected chi connectivity index (χ4v) is 4.51. The van der Waals surface area contributed by atoms with Crippen molar-refractivity contribution in [2.45, 2.75) is 0 Å². The molecule has 4 rings (SSSR count). The lowest BCUT2D eigenvalue weighted by molar-refractivity contribution is -0.0759. The lowest BCUT2D eigenvalue weighted by Gasteiger charge is -2.15. The van der Waals surface area contributed by atoms with Gasteiger partial charge in [-0.2, -0.15) is 0 Å². The van der Waals surface area contributed by atoms with Crippen LogP contribution in [0.4, 0.5) is 13.2 Å². The molecular weight excluding hydrogens is 775 g/mol. The molecule has 0 radical (unpaired) electrons. The number of halogens is 10. The van der Waals surface area contributed by atoms with Crippen molar-refractivity contribution in [2.24, 2.45) is 0 Å². The highest BCUT2D eigenvalue weighted by atomic mass is 35.5. The predicted molar refractivity (Wildman–Crippen MR) is 177 cm³/mol. The molecule has 0 fully saturated rings. The van der Waals surface area contributed by atoms with E-state index in [1.54, 1.807) is 0 Å². The van der Waals surface area contributed by atoms with Gasteiger partial charge in [0.25, 0.3) is 5.91 Å². The van der Waals surface area contributed by atoms with Crippen molar-refractivity contribution in [1.82, 2.24) is 5.06 Å². The van der Waals surface area contributed by atoms with Gasteiger partial charge in [0.15, 0.2) is 24.1 Å². The molecule has 1 amide bonds. The molecule has 0 saturated carbocycles. The number of aldehydes is 2. The predicted octanol–water partition coefficient (Wildman–Crippen LogP) is 11.1. The highest BCUT2D eigenvalue weighted by Crippen LogP contribution is 2.37. The Morgan fingerprint density at radius 1 is 0.660 bits per heavy atom. The van der Waals surface area contributed by atoms with E-state index >= 15 is 0 Å². The van der Waals surface area contributed by atoms with Gasteiger partial charge >= 0.3 is 0 Å². The molecule has 250 valence electrons. The van der Waals surface area contributed by atoms with Crippen molar-refractivity contribution < 1.29 is 41.9 Å². The molecule has 4 aromatic rings. The molecule has 0 aromatic heterocycles. The van der Waals surface area contributed by atoms with Crippen LogP contribution >= 0.6 is 81.2 Å². The number of nitrogens with zero attached hydrogens (tertiary/aromatic N) is 1. The zero-order chi connectivity index (χ0) is 35.6. The van der Waals surface area contributed by atoms with Crippen LogP contribution in [-0.2, 0) is 4.84 Å². The first-order valence-electron chi connectivity index (χ1n) is 12.3. The zero-order valence-corrected chi connectivity index (χ0v) is 29.2. The molecule has 17 heteroatoms. The average molecular weight is 795 g/mol. The third kappa shape index (κ3) is 10.8. The van der Waals surface area contributed by atoms with E-state index in [0.717, 1.165) is 17.2 Å². The Morgan fingerprint density at radius 2 is 1.19 bits per heavy atom. The summed E-state index contributed by atoms with van der Waals surface area (Å²) in [6.45, 7) is 0. The highest BCUT2D eigenvalue weighted by molar-refractivity contribution is 6.49. The summed E-state index contributed by atoms with van der Waals surface area (Å²) in [6, 6.07) is 9.71. The Balaban J connectivity index is 0.000000256. The summed E-state index contributed by atoms with van der Waals surface area (Å²) in [5, 5.41) is 1.23. The first-order chi connectivity index (χ1) is 22.1. The summed E-state index contributed by atoms with van der Waals surface area (Å²) in [4.78, 5) is 37.5. The second kappa shape index (κ2) is 18.6. The number of hydrogen-bond acceptors (Lipinski definition) is 6. The summed E-state index contributed by atoms with van der Waals surface area (Å²) >= 11 is 39.7. The molecule has 0 spiro atoms. The van der Waals surface area contributed by atoms with E-state index in [0.29, 0.717) is 12.6 Å². The highest BCUT2D eigenvalue weighted by Gasteiger charge is 2.24. The van der Waals surface area contributed by atoms with Crippen molar-refractivity contribution in [3.63, 3.8) is 0 Å². The Morgan fingerprint density at radius 3 is 1.74 bits per heavy atom. The van der Waals surface area contributed by atoms with E-state index in [-0.39, 0.29) is 69.1 Å². The van der Waals surface area contributed by atoms with Gasteiger partial charge in [0.1, 0.15) is 23.2 Å². The van der Waals surface area contributed by atoms with E-state index in [1.165, 1.54) is 57.7 Å². The van der Waals surface area contributed by atoms with Crippen LogP contribution < -0.4 is 9.47 Å². The average Bonchev–Trinajstić information content (AvgIpc) is 3.04. The second-order valence-corrected chi connectivity index (χ2v) is 11.3. The number of hydroxylamine groups is 2. The molecular formula is C30H19Cl7F3NO6. The minimum atomic E-state index is -0.853. The molecule has 0 saturated heterocycles. The monoisotopic (exact) mass is 791 g/mol. The Kier molecular flexibility index (Phi) is 15.9. The topological polar surface area (TPSA) is 82.1 Å². The van der Waals surface area contributed by atoms with Crippen LogP contribution in [0.5, 0.6) is 17.2 Å². The standard InChI is InChI=1S/C14H9Cl2FO3.C9H7Cl3FNO2.C7H3Cl2FO/c1-19-14-5-9(17)2-3-12(14)20-13-6-11(16)10(15)4-8(13)7-18;1-14(16-2)9(15)6-5(13)3-4(10)7(11)8(6)12;8-5-1-4(3-11)7(10)2-6(5)9/h2-7H,1H3;3H,1-2H3;1-3H. The minimum absolute atomic E-state index is 0.0548. The van der Waals surface area contributed by atoms with Crippen LogP contribution in [0.25, 0.3) is 0 Å². The van der Waals surface area contributed by atoms with Crippen molar-refractivity contribution in [3.05, 3.63) is 118 Å². The molecule has 4 aromatic carbocycles. The summed E-state index contributed by atoms with van der Waals surface area (Å²) in [7, 11) is 3.97. The molecule has 0 atom stereocenters. The van der Waals surface area contributed by atoms with E-state index in [9.17, 15) is 27.6 Å². The van der Waals surface area contributed by atoms with Crippen molar-refractivity contribution >= 4 is 99.7 Å². The lowest BCUT2D eigenvalue weighted by Crippen LogP contribution is -2.26. The van der Waals surface area contributed by atoms with Crippen molar-refractivity contribution in [3.8, 4) is 17.2 Å². The van der Waals surface area contributed by atoms with Crippen molar-refractivity contribution in [1.29, 1.82) is 0 Å². The maximum Gasteiger partial charge on any atom is 0.281 e. The first-order valence-corrected chi connectivity index (χ1v) is 14.9. The van der Waals surface area contributed by atoms with Crippen LogP contribution in [0.2, 0.25) is 35.2 Å². The summed E-state index contributed by atoms with van der Waals surface area (Å²) in [6.07, 6.45) is 0.977. The molecule has 0 aliphatic heterocycles. The van der Waals surface area contributed by atoms with Gasteiger partial charge in [0.05, 0.1) is 66.1 Å². The molecule has 0 aliphatic rings. The lowest BCUT2D eigenvalue weighted by atomic mass is 10.2. The van der Waals surface area contributed by atoms with Crippen LogP contribution in [0.15, 0.2) is 48.5 Å². The van der Waals surface area contributed by atoms with Gasteiger partial charge in [0, 0.05) is 19.2 Å². The molecule has 0 N–H and O–H groups in total. The third-order valence-corrected chi connectivity index (χ3v) is 8.29. The Bertz CT molecular complexity index is 1800. The van der Waals surface area contributed by atoms with Crippen LogP contribution in [0.3, 0.4) is 0 Å². The van der Waals surface area contributed by atoms with E-state index < -0.39 is 23.4 Å². The molecule has 0 bridgehead atoms. The van der Waals surface area contributed by atoms with Gasteiger partial charge in [-0.15, -0.1) is 0 Å². The van der Waals surface area contributed by atoms with Gasteiger partial charge in [-0.3, -0.25) is 19.2 Å².